The van der Waals surface area contributed by atoms with Crippen LogP contribution in [0.2, 0.25) is 5.02 Å². The van der Waals surface area contributed by atoms with Gasteiger partial charge in [-0.05, 0) is 18.2 Å². The summed E-state index contributed by atoms with van der Waals surface area (Å²) in [6.45, 7) is 0. The van der Waals surface area contributed by atoms with Crippen molar-refractivity contribution in [3.8, 4) is 35.7 Å². The van der Waals surface area contributed by atoms with Crippen LogP contribution in [0.25, 0.3) is 0 Å². The monoisotopic (exact) mass is 340 g/mol. The molecule has 0 amide bonds. The van der Waals surface area contributed by atoms with Crippen LogP contribution in [0.15, 0.2) is 30.3 Å². The number of carboxylic acid groups (broad SMARTS) is 1. The molecule has 5 heteroatoms. The minimum absolute atomic E-state index is 0.0257. The molecule has 0 unspecified atom stereocenters. The zero-order chi connectivity index (χ0) is 17.7. The van der Waals surface area contributed by atoms with Gasteiger partial charge in [-0.2, -0.15) is 0 Å². The van der Waals surface area contributed by atoms with E-state index >= 15 is 0 Å². The van der Waals surface area contributed by atoms with Crippen molar-refractivity contribution in [2.45, 2.75) is 0 Å². The molecule has 4 nitrogen and oxygen atoms in total. The summed E-state index contributed by atoms with van der Waals surface area (Å²) in [5.41, 5.74) is 1.41. The average Bonchev–Trinajstić information content (AvgIpc) is 2.59. The molecule has 0 aliphatic carbocycles. The van der Waals surface area contributed by atoms with Crippen LogP contribution in [0.3, 0.4) is 0 Å². The molecule has 0 radical (unpaired) electrons. The van der Waals surface area contributed by atoms with Gasteiger partial charge in [-0.25, -0.2) is 4.79 Å². The smallest absolute Gasteiger partial charge is 0.337 e. The predicted octanol–water partition coefficient (Wildman–Crippen LogP) is 3.44. The number of hydrogen-bond donors (Lipinski definition) is 1. The molecule has 2 aromatic carbocycles. The maximum atomic E-state index is 11.3. The van der Waals surface area contributed by atoms with Gasteiger partial charge in [-0.15, -0.1) is 6.42 Å². The van der Waals surface area contributed by atoms with E-state index in [4.69, 9.17) is 27.5 Å². The number of methoxy groups -OCH3 is 2. The number of terminal acetylenes is 1. The number of carbonyl (C=O) groups is 1. The molecule has 120 valence electrons. The van der Waals surface area contributed by atoms with Crippen molar-refractivity contribution in [1.29, 1.82) is 0 Å². The molecule has 0 bridgehead atoms. The van der Waals surface area contributed by atoms with E-state index < -0.39 is 5.97 Å². The summed E-state index contributed by atoms with van der Waals surface area (Å²) in [4.78, 5) is 11.3. The van der Waals surface area contributed by atoms with Crippen LogP contribution >= 0.6 is 11.6 Å². The zero-order valence-electron chi connectivity index (χ0n) is 13.0. The van der Waals surface area contributed by atoms with E-state index in [9.17, 15) is 9.90 Å². The van der Waals surface area contributed by atoms with Gasteiger partial charge in [0, 0.05) is 33.8 Å². The molecule has 1 N–H and O–H groups in total. The Bertz CT molecular complexity index is 898. The third kappa shape index (κ3) is 3.63. The van der Waals surface area contributed by atoms with Crippen molar-refractivity contribution in [3.05, 3.63) is 57.6 Å². The van der Waals surface area contributed by atoms with E-state index in [1.165, 1.54) is 20.3 Å². The topological polar surface area (TPSA) is 55.8 Å². The van der Waals surface area contributed by atoms with Crippen molar-refractivity contribution in [1.82, 2.24) is 0 Å². The molecule has 0 fully saturated rings. The average molecular weight is 341 g/mol. The molecule has 0 aliphatic rings. The first-order chi connectivity index (χ1) is 11.5. The van der Waals surface area contributed by atoms with E-state index in [1.54, 1.807) is 24.3 Å². The van der Waals surface area contributed by atoms with Gasteiger partial charge in [0.05, 0.1) is 19.8 Å². The maximum Gasteiger partial charge on any atom is 0.337 e. The Morgan fingerprint density at radius 2 is 1.62 bits per heavy atom. The van der Waals surface area contributed by atoms with E-state index in [1.807, 2.05) is 0 Å². The van der Waals surface area contributed by atoms with E-state index in [0.29, 0.717) is 33.2 Å². The largest absolute Gasteiger partial charge is 0.493 e. The van der Waals surface area contributed by atoms with Gasteiger partial charge >= 0.3 is 5.97 Å². The lowest BCUT2D eigenvalue weighted by atomic mass is 10.0. The first-order valence-electron chi connectivity index (χ1n) is 6.77. The summed E-state index contributed by atoms with van der Waals surface area (Å²) < 4.78 is 10.4. The molecule has 0 atom stereocenters. The SMILES string of the molecule is C#Cc1cc(OC)c(OC)cc1C#Cc1ccc(Cl)cc1C(=O)O. The van der Waals surface area contributed by atoms with Gasteiger partial charge in [-0.3, -0.25) is 0 Å². The second-order valence-electron chi connectivity index (χ2n) is 4.64. The maximum absolute atomic E-state index is 11.3. The van der Waals surface area contributed by atoms with Gasteiger partial charge < -0.3 is 14.6 Å². The highest BCUT2D eigenvalue weighted by Gasteiger charge is 2.11. The van der Waals surface area contributed by atoms with Gasteiger partial charge in [0.15, 0.2) is 11.5 Å². The third-order valence-electron chi connectivity index (χ3n) is 3.22. The van der Waals surface area contributed by atoms with Crippen LogP contribution < -0.4 is 9.47 Å². The van der Waals surface area contributed by atoms with Gasteiger partial charge in [0.1, 0.15) is 0 Å². The molecule has 2 rings (SSSR count). The van der Waals surface area contributed by atoms with E-state index in [2.05, 4.69) is 17.8 Å². The highest BCUT2D eigenvalue weighted by atomic mass is 35.5. The highest BCUT2D eigenvalue weighted by molar-refractivity contribution is 6.31. The van der Waals surface area contributed by atoms with E-state index in [-0.39, 0.29) is 5.56 Å². The Balaban J connectivity index is 2.56. The molecule has 0 saturated heterocycles. The number of halogens is 1. The number of ether oxygens (including phenoxy) is 2. The zero-order valence-corrected chi connectivity index (χ0v) is 13.8. The third-order valence-corrected chi connectivity index (χ3v) is 3.46. The fraction of sp³-hybridized carbons (Fsp3) is 0.105. The Hall–Kier alpha value is -3.08. The first kappa shape index (κ1) is 17.3. The van der Waals surface area contributed by atoms with Crippen molar-refractivity contribution in [2.24, 2.45) is 0 Å². The predicted molar refractivity (Wildman–Crippen MR) is 91.9 cm³/mol. The highest BCUT2D eigenvalue weighted by Crippen LogP contribution is 2.30. The lowest BCUT2D eigenvalue weighted by Crippen LogP contribution is -2.00. The van der Waals surface area contributed by atoms with Crippen LogP contribution in [-0.4, -0.2) is 25.3 Å². The molecular weight excluding hydrogens is 328 g/mol. The van der Waals surface area contributed by atoms with Gasteiger partial charge in [-0.1, -0.05) is 29.4 Å². The van der Waals surface area contributed by atoms with Gasteiger partial charge in [0.25, 0.3) is 0 Å². The number of hydrogen-bond acceptors (Lipinski definition) is 3. The molecule has 0 heterocycles. The van der Waals surface area contributed by atoms with Crippen LogP contribution in [0.4, 0.5) is 0 Å². The molecule has 0 spiro atoms. The lowest BCUT2D eigenvalue weighted by molar-refractivity contribution is 0.0696. The van der Waals surface area contributed by atoms with Crippen molar-refractivity contribution >= 4 is 17.6 Å². The van der Waals surface area contributed by atoms with Crippen molar-refractivity contribution in [2.75, 3.05) is 14.2 Å². The van der Waals surface area contributed by atoms with E-state index in [0.717, 1.165) is 0 Å². The fourth-order valence-electron chi connectivity index (χ4n) is 2.04. The summed E-state index contributed by atoms with van der Waals surface area (Å²) in [6.07, 6.45) is 5.51. The second kappa shape index (κ2) is 7.46. The van der Waals surface area contributed by atoms with Crippen LogP contribution in [-0.2, 0) is 0 Å². The standard InChI is InChI=1S/C19H13ClO4/c1-4-12-9-17(23-2)18(24-3)10-14(12)6-5-13-7-8-15(20)11-16(13)19(21)22/h1,7-11H,2-3H3,(H,21,22). The minimum Gasteiger partial charge on any atom is -0.493 e. The Labute approximate surface area is 145 Å². The van der Waals surface area contributed by atoms with Gasteiger partial charge in [0.2, 0.25) is 0 Å². The Morgan fingerprint density at radius 1 is 1.04 bits per heavy atom. The molecule has 0 aliphatic heterocycles. The summed E-state index contributed by atoms with van der Waals surface area (Å²) in [5, 5.41) is 9.57. The number of carboxylic acids is 1. The number of aromatic carboxylic acids is 1. The van der Waals surface area contributed by atoms with Crippen LogP contribution in [0.5, 0.6) is 11.5 Å². The van der Waals surface area contributed by atoms with Crippen molar-refractivity contribution in [3.63, 3.8) is 0 Å². The molecule has 0 aromatic heterocycles. The lowest BCUT2D eigenvalue weighted by Gasteiger charge is -2.09. The Morgan fingerprint density at radius 3 is 2.17 bits per heavy atom. The minimum atomic E-state index is -1.11. The second-order valence-corrected chi connectivity index (χ2v) is 5.08. The van der Waals surface area contributed by atoms with Crippen molar-refractivity contribution < 1.29 is 19.4 Å². The number of rotatable bonds is 3. The molecule has 2 aromatic rings. The summed E-state index contributed by atoms with van der Waals surface area (Å²) in [7, 11) is 3.02. The summed E-state index contributed by atoms with van der Waals surface area (Å²) >= 11 is 5.83. The normalized spacial score (nSPS) is 9.42. The summed E-state index contributed by atoms with van der Waals surface area (Å²) in [5.74, 6) is 8.11. The summed E-state index contributed by atoms with van der Waals surface area (Å²) in [6, 6.07) is 7.77. The Kier molecular flexibility index (Phi) is 5.37. The fourth-order valence-corrected chi connectivity index (χ4v) is 2.21. The quantitative estimate of drug-likeness (QED) is 0.870. The molecular formula is C19H13ClO4. The molecule has 0 saturated carbocycles. The van der Waals surface area contributed by atoms with Crippen LogP contribution in [0, 0.1) is 24.2 Å². The first-order valence-corrected chi connectivity index (χ1v) is 7.15. The van der Waals surface area contributed by atoms with Crippen LogP contribution in [0.1, 0.15) is 27.0 Å². The number of benzene rings is 2. The molecule has 24 heavy (non-hydrogen) atoms.